The molecule has 6 nitrogen and oxygen atoms in total. The van der Waals surface area contributed by atoms with Crippen LogP contribution in [-0.2, 0) is 9.47 Å². The van der Waals surface area contributed by atoms with Gasteiger partial charge in [0.05, 0.1) is 0 Å². The molecule has 0 saturated carbocycles. The molecular weight excluding hydrogens is 224 g/mol. The van der Waals surface area contributed by atoms with Gasteiger partial charge in [-0.25, -0.2) is 9.59 Å². The molecule has 0 atom stereocenters. The fraction of sp³-hybridized carbons (Fsp3) is 0.636. The summed E-state index contributed by atoms with van der Waals surface area (Å²) in [5.74, 6) is 0. The summed E-state index contributed by atoms with van der Waals surface area (Å²) in [6.45, 7) is 9.44. The Kier molecular flexibility index (Phi) is 6.77. The molecule has 6 heteroatoms. The minimum Gasteiger partial charge on any atom is -0.445 e. The number of alkyl carbamates (subject to hydrolysis) is 2. The van der Waals surface area contributed by atoms with Gasteiger partial charge in [0.2, 0.25) is 0 Å². The van der Waals surface area contributed by atoms with E-state index in [0.29, 0.717) is 0 Å². The van der Waals surface area contributed by atoms with Crippen molar-refractivity contribution in [3.8, 4) is 0 Å². The normalized spacial score (nSPS) is 10.3. The molecule has 0 rings (SSSR count). The number of carbonyl (C=O) groups excluding carboxylic acids is 2. The lowest BCUT2D eigenvalue weighted by Crippen LogP contribution is -2.38. The molecule has 0 fully saturated rings. The van der Waals surface area contributed by atoms with Gasteiger partial charge >= 0.3 is 12.2 Å². The molecule has 0 aromatic carbocycles. The Morgan fingerprint density at radius 2 is 1.71 bits per heavy atom. The van der Waals surface area contributed by atoms with Crippen molar-refractivity contribution in [3.63, 3.8) is 0 Å². The quantitative estimate of drug-likeness (QED) is 0.566. The van der Waals surface area contributed by atoms with Crippen LogP contribution in [0.2, 0.25) is 0 Å². The van der Waals surface area contributed by atoms with E-state index in [2.05, 4.69) is 21.9 Å². The van der Waals surface area contributed by atoms with Crippen molar-refractivity contribution in [2.75, 3.05) is 19.7 Å². The minimum absolute atomic E-state index is 0.158. The van der Waals surface area contributed by atoms with Gasteiger partial charge in [0.15, 0.2) is 0 Å². The van der Waals surface area contributed by atoms with E-state index in [9.17, 15) is 9.59 Å². The largest absolute Gasteiger partial charge is 0.445 e. The summed E-state index contributed by atoms with van der Waals surface area (Å²) in [5.41, 5.74) is -0.527. The Hall–Kier alpha value is -1.72. The molecule has 0 bridgehead atoms. The third-order valence-corrected chi connectivity index (χ3v) is 1.39. The molecule has 0 unspecified atom stereocenters. The van der Waals surface area contributed by atoms with Gasteiger partial charge in [-0.15, -0.1) is 0 Å². The first-order chi connectivity index (χ1) is 7.85. The van der Waals surface area contributed by atoms with Gasteiger partial charge in [-0.3, -0.25) is 0 Å². The Labute approximate surface area is 101 Å². The summed E-state index contributed by atoms with van der Waals surface area (Å²) < 4.78 is 9.67. The summed E-state index contributed by atoms with van der Waals surface area (Å²) in [5, 5.41) is 4.96. The highest BCUT2D eigenvalue weighted by atomic mass is 16.6. The van der Waals surface area contributed by atoms with Gasteiger partial charge < -0.3 is 20.1 Å². The van der Waals surface area contributed by atoms with Crippen molar-refractivity contribution in [2.45, 2.75) is 26.4 Å². The van der Waals surface area contributed by atoms with E-state index in [1.54, 1.807) is 20.8 Å². The third kappa shape index (κ3) is 10.6. The van der Waals surface area contributed by atoms with Gasteiger partial charge in [-0.05, 0) is 20.8 Å². The molecule has 0 aromatic heterocycles. The standard InChI is InChI=1S/C11H20N2O4/c1-5-8-16-9(14)12-6-7-13-10(15)17-11(2,3)4/h5H,1,6-8H2,2-4H3,(H,12,14)(H,13,15). The Morgan fingerprint density at radius 1 is 1.18 bits per heavy atom. The zero-order valence-electron chi connectivity index (χ0n) is 10.5. The third-order valence-electron chi connectivity index (χ3n) is 1.39. The number of ether oxygens (including phenoxy) is 2. The number of amides is 2. The van der Waals surface area contributed by atoms with Crippen molar-refractivity contribution in [1.29, 1.82) is 0 Å². The molecule has 0 heterocycles. The number of hydrogen-bond acceptors (Lipinski definition) is 4. The molecule has 0 aliphatic carbocycles. The topological polar surface area (TPSA) is 76.7 Å². The van der Waals surface area contributed by atoms with Crippen LogP contribution in [-0.4, -0.2) is 37.5 Å². The molecule has 0 aromatic rings. The van der Waals surface area contributed by atoms with Crippen molar-refractivity contribution in [2.24, 2.45) is 0 Å². The SMILES string of the molecule is C=CCOC(=O)NCCNC(=O)OC(C)(C)C. The van der Waals surface area contributed by atoms with E-state index < -0.39 is 17.8 Å². The Bertz CT molecular complexity index is 271. The molecule has 2 N–H and O–H groups in total. The van der Waals surface area contributed by atoms with E-state index in [1.165, 1.54) is 6.08 Å². The van der Waals surface area contributed by atoms with Crippen LogP contribution in [0, 0.1) is 0 Å². The molecule has 0 aliphatic rings. The average Bonchev–Trinajstić information content (AvgIpc) is 2.19. The summed E-state index contributed by atoms with van der Waals surface area (Å²) in [6, 6.07) is 0. The van der Waals surface area contributed by atoms with E-state index in [-0.39, 0.29) is 19.7 Å². The summed E-state index contributed by atoms with van der Waals surface area (Å²) >= 11 is 0. The lowest BCUT2D eigenvalue weighted by atomic mass is 10.2. The molecule has 0 radical (unpaired) electrons. The van der Waals surface area contributed by atoms with Crippen molar-refractivity contribution in [1.82, 2.24) is 10.6 Å². The van der Waals surface area contributed by atoms with Crippen molar-refractivity contribution < 1.29 is 19.1 Å². The van der Waals surface area contributed by atoms with Gasteiger partial charge in [0.25, 0.3) is 0 Å². The summed E-state index contributed by atoms with van der Waals surface area (Å²) in [6.07, 6.45) is 0.410. The average molecular weight is 244 g/mol. The van der Waals surface area contributed by atoms with Crippen LogP contribution in [0.25, 0.3) is 0 Å². The van der Waals surface area contributed by atoms with E-state index in [0.717, 1.165) is 0 Å². The summed E-state index contributed by atoms with van der Waals surface area (Å²) in [4.78, 5) is 22.1. The van der Waals surface area contributed by atoms with Crippen LogP contribution in [0.1, 0.15) is 20.8 Å². The first-order valence-electron chi connectivity index (χ1n) is 5.33. The van der Waals surface area contributed by atoms with Crippen LogP contribution in [0.4, 0.5) is 9.59 Å². The predicted molar refractivity (Wildman–Crippen MR) is 63.8 cm³/mol. The van der Waals surface area contributed by atoms with Crippen LogP contribution in [0.5, 0.6) is 0 Å². The maximum absolute atomic E-state index is 11.2. The molecule has 2 amide bonds. The maximum atomic E-state index is 11.2. The Balaban J connectivity index is 3.54. The first kappa shape index (κ1) is 15.3. The second kappa shape index (κ2) is 7.54. The molecule has 17 heavy (non-hydrogen) atoms. The molecule has 98 valence electrons. The minimum atomic E-state index is -0.545. The zero-order valence-corrected chi connectivity index (χ0v) is 10.5. The highest BCUT2D eigenvalue weighted by molar-refractivity contribution is 5.68. The number of carbonyl (C=O) groups is 2. The van der Waals surface area contributed by atoms with Gasteiger partial charge in [0.1, 0.15) is 12.2 Å². The molecule has 0 aliphatic heterocycles. The van der Waals surface area contributed by atoms with Gasteiger partial charge in [0, 0.05) is 13.1 Å². The smallest absolute Gasteiger partial charge is 0.407 e. The van der Waals surface area contributed by atoms with Crippen LogP contribution < -0.4 is 10.6 Å². The number of hydrogen-bond donors (Lipinski definition) is 2. The second-order valence-electron chi connectivity index (χ2n) is 4.24. The second-order valence-corrected chi connectivity index (χ2v) is 4.24. The van der Waals surface area contributed by atoms with Crippen LogP contribution in [0.15, 0.2) is 12.7 Å². The predicted octanol–water partition coefficient (Wildman–Crippen LogP) is 1.42. The number of nitrogens with one attached hydrogen (secondary N) is 2. The van der Waals surface area contributed by atoms with Crippen LogP contribution >= 0.6 is 0 Å². The molecule has 0 spiro atoms. The van der Waals surface area contributed by atoms with E-state index >= 15 is 0 Å². The van der Waals surface area contributed by atoms with Crippen molar-refractivity contribution >= 4 is 12.2 Å². The van der Waals surface area contributed by atoms with Gasteiger partial charge in [-0.2, -0.15) is 0 Å². The first-order valence-corrected chi connectivity index (χ1v) is 5.33. The maximum Gasteiger partial charge on any atom is 0.407 e. The highest BCUT2D eigenvalue weighted by Crippen LogP contribution is 2.05. The van der Waals surface area contributed by atoms with Crippen molar-refractivity contribution in [3.05, 3.63) is 12.7 Å². The lowest BCUT2D eigenvalue weighted by molar-refractivity contribution is 0.0527. The van der Waals surface area contributed by atoms with Gasteiger partial charge in [-0.1, -0.05) is 12.7 Å². The monoisotopic (exact) mass is 244 g/mol. The molecule has 0 saturated heterocycles. The Morgan fingerprint density at radius 3 is 2.18 bits per heavy atom. The fourth-order valence-corrected chi connectivity index (χ4v) is 0.829. The van der Waals surface area contributed by atoms with E-state index in [1.807, 2.05) is 0 Å². The zero-order chi connectivity index (χ0) is 13.3. The molecular formula is C11H20N2O4. The fourth-order valence-electron chi connectivity index (χ4n) is 0.829. The van der Waals surface area contributed by atoms with E-state index in [4.69, 9.17) is 4.74 Å². The lowest BCUT2D eigenvalue weighted by Gasteiger charge is -2.19. The number of rotatable bonds is 5. The van der Waals surface area contributed by atoms with Crippen LogP contribution in [0.3, 0.4) is 0 Å². The highest BCUT2D eigenvalue weighted by Gasteiger charge is 2.15. The summed E-state index contributed by atoms with van der Waals surface area (Å²) in [7, 11) is 0.